The monoisotopic (exact) mass is 401 g/mol. The van der Waals surface area contributed by atoms with Gasteiger partial charge in [0, 0.05) is 17.1 Å². The number of thioether (sulfide) groups is 1. The van der Waals surface area contributed by atoms with Crippen LogP contribution in [0, 0.1) is 0 Å². The number of nitrogens with two attached hydrogens (primary N) is 1. The Balaban J connectivity index is 1.65. The molecule has 0 bridgehead atoms. The summed E-state index contributed by atoms with van der Waals surface area (Å²) in [5.74, 6) is 5.65. The van der Waals surface area contributed by atoms with Gasteiger partial charge in [-0.2, -0.15) is 4.68 Å². The lowest BCUT2D eigenvalue weighted by Gasteiger charge is -2.08. The van der Waals surface area contributed by atoms with Crippen LogP contribution in [0.4, 0.5) is 5.69 Å². The molecule has 138 valence electrons. The Morgan fingerprint density at radius 3 is 2.52 bits per heavy atom. The highest BCUT2D eigenvalue weighted by molar-refractivity contribution is 7.99. The molecule has 0 spiro atoms. The van der Waals surface area contributed by atoms with Crippen molar-refractivity contribution >= 4 is 35.0 Å². The van der Waals surface area contributed by atoms with Crippen molar-refractivity contribution in [2.75, 3.05) is 16.9 Å². The first kappa shape index (κ1) is 18.9. The Labute approximate surface area is 164 Å². The smallest absolute Gasteiger partial charge is 0.294 e. The van der Waals surface area contributed by atoms with Crippen LogP contribution < -0.4 is 16.7 Å². The highest BCUT2D eigenvalue weighted by Gasteiger charge is 2.13. The van der Waals surface area contributed by atoms with Crippen LogP contribution in [0.2, 0.25) is 5.02 Å². The van der Waals surface area contributed by atoms with Crippen molar-refractivity contribution in [1.29, 1.82) is 0 Å². The molecular formula is C18H16ClN5O2S. The van der Waals surface area contributed by atoms with Crippen molar-refractivity contribution < 1.29 is 4.79 Å². The molecule has 3 rings (SSSR count). The summed E-state index contributed by atoms with van der Waals surface area (Å²) in [5, 5.41) is 11.5. The molecule has 1 heterocycles. The van der Waals surface area contributed by atoms with Gasteiger partial charge in [-0.3, -0.25) is 9.59 Å². The van der Waals surface area contributed by atoms with Crippen molar-refractivity contribution in [3.63, 3.8) is 0 Å². The van der Waals surface area contributed by atoms with E-state index in [0.29, 0.717) is 17.1 Å². The maximum Gasteiger partial charge on any atom is 0.294 e. The van der Waals surface area contributed by atoms with E-state index in [2.05, 4.69) is 15.5 Å². The number of rotatable bonds is 6. The molecule has 2 aromatic carbocycles. The molecule has 0 saturated carbocycles. The first-order chi connectivity index (χ1) is 13.0. The van der Waals surface area contributed by atoms with Gasteiger partial charge in [-0.05, 0) is 29.8 Å². The molecule has 0 saturated heterocycles. The zero-order chi connectivity index (χ0) is 19.2. The maximum atomic E-state index is 12.4. The average molecular weight is 402 g/mol. The SMILES string of the molecule is Nn1c(SCC(=O)Nc2ccccc2)nnc(Cc2ccc(Cl)cc2)c1=O. The Hall–Kier alpha value is -2.84. The highest BCUT2D eigenvalue weighted by atomic mass is 35.5. The van der Waals surface area contributed by atoms with Gasteiger partial charge in [-0.1, -0.05) is 53.7 Å². The van der Waals surface area contributed by atoms with Crippen LogP contribution in [0.1, 0.15) is 11.3 Å². The van der Waals surface area contributed by atoms with Crippen LogP contribution in [0.5, 0.6) is 0 Å². The van der Waals surface area contributed by atoms with Crippen molar-refractivity contribution in [3.8, 4) is 0 Å². The molecular weight excluding hydrogens is 386 g/mol. The zero-order valence-corrected chi connectivity index (χ0v) is 15.7. The minimum absolute atomic E-state index is 0.0523. The Kier molecular flexibility index (Phi) is 6.10. The van der Waals surface area contributed by atoms with Crippen molar-refractivity contribution in [2.24, 2.45) is 0 Å². The van der Waals surface area contributed by atoms with Crippen LogP contribution in [-0.2, 0) is 11.2 Å². The summed E-state index contributed by atoms with van der Waals surface area (Å²) < 4.78 is 0.915. The molecule has 3 aromatic rings. The molecule has 3 N–H and O–H groups in total. The predicted octanol–water partition coefficient (Wildman–Crippen LogP) is 2.33. The Morgan fingerprint density at radius 2 is 1.81 bits per heavy atom. The lowest BCUT2D eigenvalue weighted by atomic mass is 10.1. The summed E-state index contributed by atoms with van der Waals surface area (Å²) in [6.45, 7) is 0. The number of carbonyl (C=O) groups is 1. The van der Waals surface area contributed by atoms with Gasteiger partial charge in [0.1, 0.15) is 5.69 Å². The Bertz CT molecular complexity index is 993. The van der Waals surface area contributed by atoms with Crippen molar-refractivity contribution in [1.82, 2.24) is 14.9 Å². The van der Waals surface area contributed by atoms with Crippen molar-refractivity contribution in [3.05, 3.63) is 81.2 Å². The summed E-state index contributed by atoms with van der Waals surface area (Å²) in [6.07, 6.45) is 0.291. The molecule has 0 aliphatic heterocycles. The van der Waals surface area contributed by atoms with Crippen LogP contribution in [0.3, 0.4) is 0 Å². The molecule has 0 aliphatic rings. The van der Waals surface area contributed by atoms with Crippen LogP contribution in [-0.4, -0.2) is 26.5 Å². The molecule has 9 heteroatoms. The van der Waals surface area contributed by atoms with Crippen molar-refractivity contribution in [2.45, 2.75) is 11.6 Å². The maximum absolute atomic E-state index is 12.4. The molecule has 0 atom stereocenters. The lowest BCUT2D eigenvalue weighted by Crippen LogP contribution is -2.34. The fraction of sp³-hybridized carbons (Fsp3) is 0.111. The van der Waals surface area contributed by atoms with E-state index in [1.807, 2.05) is 18.2 Å². The van der Waals surface area contributed by atoms with E-state index in [4.69, 9.17) is 17.4 Å². The number of nitrogens with zero attached hydrogens (tertiary/aromatic N) is 3. The summed E-state index contributed by atoms with van der Waals surface area (Å²) in [4.78, 5) is 24.4. The molecule has 0 fully saturated rings. The molecule has 7 nitrogen and oxygen atoms in total. The Morgan fingerprint density at radius 1 is 1.11 bits per heavy atom. The van der Waals surface area contributed by atoms with Gasteiger partial charge >= 0.3 is 0 Å². The number of nitrogen functional groups attached to an aromatic ring is 1. The van der Waals surface area contributed by atoms with E-state index in [0.717, 1.165) is 22.0 Å². The first-order valence-electron chi connectivity index (χ1n) is 7.99. The fourth-order valence-corrected chi connectivity index (χ4v) is 3.05. The highest BCUT2D eigenvalue weighted by Crippen LogP contribution is 2.14. The number of nitrogens with one attached hydrogen (secondary N) is 1. The van der Waals surface area contributed by atoms with Gasteiger partial charge in [0.2, 0.25) is 11.1 Å². The van der Waals surface area contributed by atoms with Gasteiger partial charge in [0.25, 0.3) is 5.56 Å². The van der Waals surface area contributed by atoms with Gasteiger partial charge in [0.15, 0.2) is 0 Å². The van der Waals surface area contributed by atoms with E-state index in [1.165, 1.54) is 0 Å². The number of carbonyl (C=O) groups excluding carboxylic acids is 1. The lowest BCUT2D eigenvalue weighted by molar-refractivity contribution is -0.113. The number of anilines is 1. The molecule has 0 unspecified atom stereocenters. The average Bonchev–Trinajstić information content (AvgIpc) is 2.67. The molecule has 0 radical (unpaired) electrons. The van der Waals surface area contributed by atoms with Crippen LogP contribution in [0.15, 0.2) is 64.5 Å². The minimum Gasteiger partial charge on any atom is -0.334 e. The molecule has 27 heavy (non-hydrogen) atoms. The third kappa shape index (κ3) is 5.08. The summed E-state index contributed by atoms with van der Waals surface area (Å²) in [6, 6.07) is 16.2. The zero-order valence-electron chi connectivity index (χ0n) is 14.1. The minimum atomic E-state index is -0.453. The predicted molar refractivity (Wildman–Crippen MR) is 106 cm³/mol. The molecule has 0 aliphatic carbocycles. The quantitative estimate of drug-likeness (QED) is 0.485. The van der Waals surface area contributed by atoms with Crippen LogP contribution in [0.25, 0.3) is 0 Å². The second kappa shape index (κ2) is 8.70. The number of hydrogen-bond donors (Lipinski definition) is 2. The summed E-state index contributed by atoms with van der Waals surface area (Å²) >= 11 is 6.89. The number of amides is 1. The summed E-state index contributed by atoms with van der Waals surface area (Å²) in [7, 11) is 0. The molecule has 1 aromatic heterocycles. The normalized spacial score (nSPS) is 10.6. The second-order valence-corrected chi connectivity index (χ2v) is 6.99. The topological polar surface area (TPSA) is 103 Å². The largest absolute Gasteiger partial charge is 0.334 e. The van der Waals surface area contributed by atoms with E-state index in [-0.39, 0.29) is 22.5 Å². The third-order valence-electron chi connectivity index (χ3n) is 3.60. The standard InChI is InChI=1S/C18H16ClN5O2S/c19-13-8-6-12(7-9-13)10-15-17(26)24(20)18(23-22-15)27-11-16(25)21-14-4-2-1-3-5-14/h1-9H,10-11,20H2,(H,21,25). The first-order valence-corrected chi connectivity index (χ1v) is 9.35. The molecule has 1 amide bonds. The van der Waals surface area contributed by atoms with E-state index < -0.39 is 5.56 Å². The second-order valence-electron chi connectivity index (χ2n) is 5.61. The number of para-hydroxylation sites is 1. The van der Waals surface area contributed by atoms with Gasteiger partial charge in [0.05, 0.1) is 5.75 Å². The van der Waals surface area contributed by atoms with Crippen LogP contribution >= 0.6 is 23.4 Å². The van der Waals surface area contributed by atoms with E-state index >= 15 is 0 Å². The third-order valence-corrected chi connectivity index (χ3v) is 4.80. The summed E-state index contributed by atoms with van der Waals surface area (Å²) in [5.41, 5.74) is 1.33. The number of hydrogen-bond acceptors (Lipinski definition) is 6. The van der Waals surface area contributed by atoms with Gasteiger partial charge < -0.3 is 11.2 Å². The van der Waals surface area contributed by atoms with E-state index in [9.17, 15) is 9.59 Å². The van der Waals surface area contributed by atoms with E-state index in [1.54, 1.807) is 36.4 Å². The number of benzene rings is 2. The van der Waals surface area contributed by atoms with Gasteiger partial charge in [-0.25, -0.2) is 0 Å². The number of halogens is 1. The fourth-order valence-electron chi connectivity index (χ4n) is 2.27. The van der Waals surface area contributed by atoms with Gasteiger partial charge in [-0.15, -0.1) is 10.2 Å². The number of aromatic nitrogens is 3.